The van der Waals surface area contributed by atoms with Gasteiger partial charge in [0.05, 0.1) is 12.0 Å². The predicted octanol–water partition coefficient (Wildman–Crippen LogP) is 3.46. The third-order valence-electron chi connectivity index (χ3n) is 4.05. The molecule has 4 nitrogen and oxygen atoms in total. The number of rotatable bonds is 4. The molecule has 3 atom stereocenters. The van der Waals surface area contributed by atoms with Gasteiger partial charge in [-0.2, -0.15) is 0 Å². The summed E-state index contributed by atoms with van der Waals surface area (Å²) in [6, 6.07) is 0.0187. The second-order valence-electron chi connectivity index (χ2n) is 5.64. The van der Waals surface area contributed by atoms with Crippen LogP contribution in [-0.4, -0.2) is 16.4 Å². The molecule has 1 aromatic rings. The lowest BCUT2D eigenvalue weighted by Gasteiger charge is -2.37. The van der Waals surface area contributed by atoms with Crippen LogP contribution in [0.2, 0.25) is 0 Å². The summed E-state index contributed by atoms with van der Waals surface area (Å²) in [5, 5.41) is 6.04. The van der Waals surface area contributed by atoms with Gasteiger partial charge >= 0.3 is 0 Å². The highest BCUT2D eigenvalue weighted by atomic mass is 35.5. The quantitative estimate of drug-likeness (QED) is 0.870. The van der Waals surface area contributed by atoms with Gasteiger partial charge in [-0.3, -0.25) is 4.79 Å². The van der Waals surface area contributed by atoms with Crippen LogP contribution in [0.15, 0.2) is 11.6 Å². The van der Waals surface area contributed by atoms with E-state index >= 15 is 0 Å². The molecule has 122 valence electrons. The minimum absolute atomic E-state index is 0. The molecule has 0 radical (unpaired) electrons. The van der Waals surface area contributed by atoms with E-state index in [1.807, 2.05) is 12.3 Å². The number of nitrogens with one attached hydrogen (secondary N) is 1. The highest BCUT2D eigenvalue weighted by Gasteiger charge is 2.38. The average Bonchev–Trinajstić information content (AvgIpc) is 2.88. The van der Waals surface area contributed by atoms with Gasteiger partial charge in [0.1, 0.15) is 5.01 Å². The first-order chi connectivity index (χ1) is 9.04. The van der Waals surface area contributed by atoms with E-state index in [-0.39, 0.29) is 48.2 Å². The summed E-state index contributed by atoms with van der Waals surface area (Å²) in [6.07, 6.45) is 6.68. The minimum atomic E-state index is -0.372. The molecule has 2 rings (SSSR count). The maximum atomic E-state index is 12.5. The molecule has 0 saturated heterocycles. The zero-order chi connectivity index (χ0) is 13.9. The van der Waals surface area contributed by atoms with Crippen LogP contribution in [0.3, 0.4) is 0 Å². The van der Waals surface area contributed by atoms with E-state index in [9.17, 15) is 4.79 Å². The molecule has 0 bridgehead atoms. The fourth-order valence-electron chi connectivity index (χ4n) is 2.81. The van der Waals surface area contributed by atoms with Crippen LogP contribution < -0.4 is 11.1 Å². The van der Waals surface area contributed by atoms with Gasteiger partial charge < -0.3 is 11.1 Å². The molecule has 1 aliphatic carbocycles. The number of amides is 1. The van der Waals surface area contributed by atoms with E-state index < -0.39 is 0 Å². The van der Waals surface area contributed by atoms with Gasteiger partial charge in [-0.15, -0.1) is 36.2 Å². The van der Waals surface area contributed by atoms with Crippen LogP contribution in [-0.2, 0) is 4.79 Å². The normalized spacial score (nSPS) is 26.1. The largest absolute Gasteiger partial charge is 0.347 e. The highest BCUT2D eigenvalue weighted by molar-refractivity contribution is 7.09. The van der Waals surface area contributed by atoms with Crippen LogP contribution in [0.1, 0.15) is 57.0 Å². The highest BCUT2D eigenvalue weighted by Crippen LogP contribution is 2.32. The Morgan fingerprint density at radius 3 is 2.81 bits per heavy atom. The van der Waals surface area contributed by atoms with Gasteiger partial charge in [0.15, 0.2) is 0 Å². The molecule has 21 heavy (non-hydrogen) atoms. The summed E-state index contributed by atoms with van der Waals surface area (Å²) in [6.45, 7) is 4.07. The monoisotopic (exact) mass is 353 g/mol. The third-order valence-corrected chi connectivity index (χ3v) is 4.93. The Labute approximate surface area is 143 Å². The zero-order valence-corrected chi connectivity index (χ0v) is 15.0. The number of nitrogens with two attached hydrogens (primary N) is 1. The lowest BCUT2D eigenvalue weighted by Crippen LogP contribution is -2.53. The number of thiazole rings is 1. The van der Waals surface area contributed by atoms with Crippen molar-refractivity contribution in [1.29, 1.82) is 0 Å². The molecular formula is C14H25Cl2N3OS. The van der Waals surface area contributed by atoms with Gasteiger partial charge in [-0.05, 0) is 26.2 Å². The van der Waals surface area contributed by atoms with Crippen molar-refractivity contribution in [3.05, 3.63) is 16.6 Å². The first kappa shape index (κ1) is 20.6. The topological polar surface area (TPSA) is 68.0 Å². The SMILES string of the molecule is CCC(NC(=O)C1CCCCC1(C)N)c1nccs1.Cl.Cl. The smallest absolute Gasteiger partial charge is 0.225 e. The van der Waals surface area contributed by atoms with Crippen LogP contribution >= 0.6 is 36.2 Å². The molecular weight excluding hydrogens is 329 g/mol. The number of carbonyl (C=O) groups is 1. The molecule has 7 heteroatoms. The lowest BCUT2D eigenvalue weighted by molar-refractivity contribution is -0.128. The van der Waals surface area contributed by atoms with Crippen molar-refractivity contribution in [3.63, 3.8) is 0 Å². The molecule has 1 fully saturated rings. The Kier molecular flexibility index (Phi) is 8.78. The Morgan fingerprint density at radius 2 is 2.29 bits per heavy atom. The fourth-order valence-corrected chi connectivity index (χ4v) is 3.58. The van der Waals surface area contributed by atoms with Gasteiger partial charge in [0.25, 0.3) is 0 Å². The van der Waals surface area contributed by atoms with E-state index in [0.29, 0.717) is 0 Å². The summed E-state index contributed by atoms with van der Waals surface area (Å²) >= 11 is 1.59. The van der Waals surface area contributed by atoms with Crippen LogP contribution in [0.25, 0.3) is 0 Å². The molecule has 1 saturated carbocycles. The van der Waals surface area contributed by atoms with E-state index in [1.54, 1.807) is 17.5 Å². The van der Waals surface area contributed by atoms with Crippen molar-refractivity contribution in [2.45, 2.75) is 57.5 Å². The van der Waals surface area contributed by atoms with Crippen molar-refractivity contribution >= 4 is 42.1 Å². The summed E-state index contributed by atoms with van der Waals surface area (Å²) in [5.74, 6) is 0.0158. The summed E-state index contributed by atoms with van der Waals surface area (Å²) in [4.78, 5) is 16.8. The average molecular weight is 354 g/mol. The van der Waals surface area contributed by atoms with Crippen molar-refractivity contribution in [3.8, 4) is 0 Å². The van der Waals surface area contributed by atoms with Crippen molar-refractivity contribution in [2.24, 2.45) is 11.7 Å². The molecule has 0 spiro atoms. The number of nitrogens with zero attached hydrogens (tertiary/aromatic N) is 1. The number of hydrogen-bond donors (Lipinski definition) is 2. The summed E-state index contributed by atoms with van der Waals surface area (Å²) in [7, 11) is 0. The second kappa shape index (κ2) is 8.93. The summed E-state index contributed by atoms with van der Waals surface area (Å²) < 4.78 is 0. The lowest BCUT2D eigenvalue weighted by atomic mass is 9.74. The molecule has 1 aromatic heterocycles. The van der Waals surface area contributed by atoms with Crippen LogP contribution in [0.4, 0.5) is 0 Å². The first-order valence-corrected chi connectivity index (χ1v) is 7.91. The zero-order valence-electron chi connectivity index (χ0n) is 12.5. The van der Waals surface area contributed by atoms with Gasteiger partial charge in [-0.1, -0.05) is 19.8 Å². The molecule has 1 heterocycles. The number of halogens is 2. The number of hydrogen-bond acceptors (Lipinski definition) is 4. The van der Waals surface area contributed by atoms with Gasteiger partial charge in [-0.25, -0.2) is 4.98 Å². The Bertz CT molecular complexity index is 426. The van der Waals surface area contributed by atoms with E-state index in [1.165, 1.54) is 0 Å². The van der Waals surface area contributed by atoms with Crippen LogP contribution in [0.5, 0.6) is 0 Å². The molecule has 3 unspecified atom stereocenters. The Balaban J connectivity index is 0.00000200. The predicted molar refractivity (Wildman–Crippen MR) is 92.3 cm³/mol. The van der Waals surface area contributed by atoms with Crippen molar-refractivity contribution in [1.82, 2.24) is 10.3 Å². The van der Waals surface area contributed by atoms with Crippen LogP contribution in [0, 0.1) is 5.92 Å². The maximum Gasteiger partial charge on any atom is 0.225 e. The van der Waals surface area contributed by atoms with E-state index in [4.69, 9.17) is 5.73 Å². The molecule has 0 aromatic carbocycles. The second-order valence-corrected chi connectivity index (χ2v) is 6.57. The van der Waals surface area contributed by atoms with Crippen molar-refractivity contribution in [2.75, 3.05) is 0 Å². The van der Waals surface area contributed by atoms with Gasteiger partial charge in [0.2, 0.25) is 5.91 Å². The standard InChI is InChI=1S/C14H23N3OS.2ClH/c1-3-11(13-16-8-9-19-13)17-12(18)10-6-4-5-7-14(10,2)15;;/h8-11H,3-7,15H2,1-2H3,(H,17,18);2*1H. The van der Waals surface area contributed by atoms with E-state index in [0.717, 1.165) is 37.1 Å². The molecule has 1 amide bonds. The third kappa shape index (κ3) is 5.09. The van der Waals surface area contributed by atoms with Crippen molar-refractivity contribution < 1.29 is 4.79 Å². The molecule has 3 N–H and O–H groups in total. The molecule has 1 aliphatic rings. The van der Waals surface area contributed by atoms with E-state index in [2.05, 4.69) is 17.2 Å². The molecule has 0 aliphatic heterocycles. The maximum absolute atomic E-state index is 12.5. The fraction of sp³-hybridized carbons (Fsp3) is 0.714. The number of carbonyl (C=O) groups excluding carboxylic acids is 1. The number of aromatic nitrogens is 1. The Morgan fingerprint density at radius 1 is 1.57 bits per heavy atom. The summed E-state index contributed by atoms with van der Waals surface area (Å²) in [5.41, 5.74) is 5.91. The minimum Gasteiger partial charge on any atom is -0.347 e. The Hall–Kier alpha value is -0.360. The van der Waals surface area contributed by atoms with Gasteiger partial charge in [0, 0.05) is 17.1 Å². The first-order valence-electron chi connectivity index (χ1n) is 7.03.